The monoisotopic (exact) mass is 416 g/mol. The van der Waals surface area contributed by atoms with Crippen molar-refractivity contribution in [2.75, 3.05) is 13.2 Å². The molecule has 1 N–H and O–H groups in total. The van der Waals surface area contributed by atoms with Crippen molar-refractivity contribution in [3.05, 3.63) is 64.0 Å². The number of hydrogen-bond acceptors (Lipinski definition) is 5. The predicted molar refractivity (Wildman–Crippen MR) is 111 cm³/mol. The normalized spacial score (nSPS) is 16.8. The molecular formula is C20H17ClN2O4S. The number of likely N-dealkylation sites (N-methyl/N-ethyl adjacent to an activating group) is 1. The molecular weight excluding hydrogens is 400 g/mol. The first-order chi connectivity index (χ1) is 13.5. The second kappa shape index (κ2) is 8.95. The Labute approximate surface area is 171 Å². The number of amides is 1. The van der Waals surface area contributed by atoms with Gasteiger partial charge >= 0.3 is 5.97 Å². The zero-order chi connectivity index (χ0) is 20.1. The summed E-state index contributed by atoms with van der Waals surface area (Å²) in [5.41, 5.74) is 1.33. The molecule has 0 aliphatic carbocycles. The van der Waals surface area contributed by atoms with Crippen LogP contribution in [0.25, 0.3) is 6.08 Å². The molecule has 6 nitrogen and oxygen atoms in total. The Balaban J connectivity index is 1.87. The Morgan fingerprint density at radius 3 is 2.79 bits per heavy atom. The molecule has 0 aromatic heterocycles. The van der Waals surface area contributed by atoms with Crippen molar-refractivity contribution in [1.29, 1.82) is 0 Å². The molecule has 1 aliphatic heterocycles. The van der Waals surface area contributed by atoms with Gasteiger partial charge in [-0.15, -0.1) is 0 Å². The van der Waals surface area contributed by atoms with Gasteiger partial charge in [0.1, 0.15) is 5.75 Å². The van der Waals surface area contributed by atoms with Crippen molar-refractivity contribution < 1.29 is 19.4 Å². The van der Waals surface area contributed by atoms with E-state index in [1.807, 2.05) is 25.1 Å². The van der Waals surface area contributed by atoms with E-state index in [1.54, 1.807) is 41.3 Å². The highest BCUT2D eigenvalue weighted by Gasteiger charge is 2.32. The average Bonchev–Trinajstić information content (AvgIpc) is 2.96. The van der Waals surface area contributed by atoms with Gasteiger partial charge in [-0.2, -0.15) is 0 Å². The summed E-state index contributed by atoms with van der Waals surface area (Å²) in [6, 6.07) is 14.1. The van der Waals surface area contributed by atoms with Gasteiger partial charge in [-0.05, 0) is 54.6 Å². The number of carboxylic acid groups (broad SMARTS) is 1. The molecule has 0 unspecified atom stereocenters. The third-order valence-corrected chi connectivity index (χ3v) is 5.12. The average molecular weight is 417 g/mol. The summed E-state index contributed by atoms with van der Waals surface area (Å²) < 4.78 is 5.19. The van der Waals surface area contributed by atoms with Crippen molar-refractivity contribution in [1.82, 2.24) is 4.90 Å². The van der Waals surface area contributed by atoms with E-state index in [-0.39, 0.29) is 5.91 Å². The van der Waals surface area contributed by atoms with E-state index in [9.17, 15) is 9.59 Å². The molecule has 0 bridgehead atoms. The van der Waals surface area contributed by atoms with Gasteiger partial charge in [-0.1, -0.05) is 35.9 Å². The Bertz CT molecular complexity index is 974. The number of carbonyl (C=O) groups excluding carboxylic acids is 1. The number of para-hydroxylation sites is 1. The number of aliphatic carboxylic acids is 1. The van der Waals surface area contributed by atoms with Crippen LogP contribution in [-0.2, 0) is 9.59 Å². The lowest BCUT2D eigenvalue weighted by Crippen LogP contribution is -2.28. The maximum absolute atomic E-state index is 12.7. The molecule has 0 radical (unpaired) electrons. The summed E-state index contributed by atoms with van der Waals surface area (Å²) in [4.78, 5) is 30.0. The topological polar surface area (TPSA) is 79.2 Å². The Morgan fingerprint density at radius 1 is 1.29 bits per heavy atom. The first-order valence-electron chi connectivity index (χ1n) is 8.47. The fourth-order valence-electron chi connectivity index (χ4n) is 2.51. The minimum Gasteiger partial charge on any atom is -0.482 e. The first-order valence-corrected chi connectivity index (χ1v) is 9.66. The summed E-state index contributed by atoms with van der Waals surface area (Å²) in [6.07, 6.45) is 1.73. The second-order valence-corrected chi connectivity index (χ2v) is 7.18. The van der Waals surface area contributed by atoms with Crippen molar-refractivity contribution in [3.8, 4) is 5.75 Å². The van der Waals surface area contributed by atoms with Crippen LogP contribution in [0.1, 0.15) is 12.5 Å². The molecule has 0 spiro atoms. The lowest BCUT2D eigenvalue weighted by atomic mass is 10.2. The molecule has 1 heterocycles. The molecule has 1 saturated heterocycles. The molecule has 2 aromatic rings. The van der Waals surface area contributed by atoms with Gasteiger partial charge < -0.3 is 9.84 Å². The van der Waals surface area contributed by atoms with Crippen molar-refractivity contribution in [2.45, 2.75) is 6.92 Å². The van der Waals surface area contributed by atoms with Crippen molar-refractivity contribution in [3.63, 3.8) is 0 Å². The Hall–Kier alpha value is -2.77. The number of rotatable bonds is 6. The van der Waals surface area contributed by atoms with Crippen LogP contribution in [0, 0.1) is 0 Å². The van der Waals surface area contributed by atoms with Gasteiger partial charge in [0.05, 0.1) is 15.6 Å². The lowest BCUT2D eigenvalue weighted by Gasteiger charge is -2.12. The van der Waals surface area contributed by atoms with Crippen LogP contribution >= 0.6 is 23.4 Å². The summed E-state index contributed by atoms with van der Waals surface area (Å²) in [5, 5.41) is 9.80. The highest BCUT2D eigenvalue weighted by molar-refractivity contribution is 8.18. The Kier molecular flexibility index (Phi) is 6.38. The maximum Gasteiger partial charge on any atom is 0.341 e. The molecule has 1 amide bonds. The second-order valence-electron chi connectivity index (χ2n) is 5.76. The molecule has 8 heteroatoms. The highest BCUT2D eigenvalue weighted by atomic mass is 35.5. The SMILES string of the molecule is CCN1C(=O)/C(=C\c2cccc(OCC(=O)O)c2)SC1=Nc1ccccc1Cl. The number of hydrogen-bond donors (Lipinski definition) is 1. The number of amidine groups is 1. The molecule has 0 atom stereocenters. The molecule has 3 rings (SSSR count). The number of carboxylic acids is 1. The molecule has 144 valence electrons. The fourth-order valence-corrected chi connectivity index (χ4v) is 3.74. The van der Waals surface area contributed by atoms with E-state index >= 15 is 0 Å². The van der Waals surface area contributed by atoms with Crippen LogP contribution in [0.4, 0.5) is 5.69 Å². The number of benzene rings is 2. The summed E-state index contributed by atoms with van der Waals surface area (Å²) >= 11 is 7.44. The molecule has 1 fully saturated rings. The molecule has 2 aromatic carbocycles. The van der Waals surface area contributed by atoms with Crippen molar-refractivity contribution in [2.24, 2.45) is 4.99 Å². The van der Waals surface area contributed by atoms with Crippen molar-refractivity contribution >= 4 is 52.2 Å². The van der Waals surface area contributed by atoms with Crippen LogP contribution in [0.2, 0.25) is 5.02 Å². The fraction of sp³-hybridized carbons (Fsp3) is 0.150. The van der Waals surface area contributed by atoms with E-state index in [4.69, 9.17) is 21.4 Å². The third-order valence-electron chi connectivity index (χ3n) is 3.79. The predicted octanol–water partition coefficient (Wildman–Crippen LogP) is 4.43. The molecule has 1 aliphatic rings. The van der Waals surface area contributed by atoms with Crippen LogP contribution in [-0.4, -0.2) is 40.2 Å². The van der Waals surface area contributed by atoms with E-state index in [0.29, 0.717) is 33.1 Å². The standard InChI is InChI=1S/C20H17ClN2O4S/c1-2-23-19(26)17(28-20(23)22-16-9-4-3-8-15(16)21)11-13-6-5-7-14(10-13)27-12-18(24)25/h3-11H,2,12H2,1H3,(H,24,25)/b17-11+,22-20?. The van der Waals surface area contributed by atoms with E-state index in [0.717, 1.165) is 5.56 Å². The van der Waals surface area contributed by atoms with E-state index in [1.165, 1.54) is 11.8 Å². The van der Waals surface area contributed by atoms with Crippen LogP contribution < -0.4 is 4.74 Å². The maximum atomic E-state index is 12.7. The van der Waals surface area contributed by atoms with Gasteiger partial charge in [0.25, 0.3) is 5.91 Å². The van der Waals surface area contributed by atoms with Gasteiger partial charge in [-0.3, -0.25) is 9.69 Å². The molecule has 0 saturated carbocycles. The van der Waals surface area contributed by atoms with E-state index < -0.39 is 12.6 Å². The number of aliphatic imine (C=N–C) groups is 1. The number of ether oxygens (including phenoxy) is 1. The van der Waals surface area contributed by atoms with Gasteiger partial charge in [0.2, 0.25) is 0 Å². The number of thioether (sulfide) groups is 1. The van der Waals surface area contributed by atoms with Gasteiger partial charge in [0, 0.05) is 6.54 Å². The van der Waals surface area contributed by atoms with Crippen LogP contribution in [0.5, 0.6) is 5.75 Å². The summed E-state index contributed by atoms with van der Waals surface area (Å²) in [6.45, 7) is 1.93. The third kappa shape index (κ3) is 4.74. The van der Waals surface area contributed by atoms with Gasteiger partial charge in [0.15, 0.2) is 11.8 Å². The van der Waals surface area contributed by atoms with Crippen LogP contribution in [0.15, 0.2) is 58.4 Å². The highest BCUT2D eigenvalue weighted by Crippen LogP contribution is 2.35. The Morgan fingerprint density at radius 2 is 2.07 bits per heavy atom. The largest absolute Gasteiger partial charge is 0.482 e. The minimum absolute atomic E-state index is 0.143. The number of nitrogens with zero attached hydrogens (tertiary/aromatic N) is 2. The number of carbonyl (C=O) groups is 2. The smallest absolute Gasteiger partial charge is 0.341 e. The zero-order valence-corrected chi connectivity index (χ0v) is 16.5. The quantitative estimate of drug-likeness (QED) is 0.705. The zero-order valence-electron chi connectivity index (χ0n) is 15.0. The summed E-state index contributed by atoms with van der Waals surface area (Å²) in [5.74, 6) is -0.774. The van der Waals surface area contributed by atoms with E-state index in [2.05, 4.69) is 4.99 Å². The minimum atomic E-state index is -1.05. The van der Waals surface area contributed by atoms with Crippen LogP contribution in [0.3, 0.4) is 0 Å². The lowest BCUT2D eigenvalue weighted by molar-refractivity contribution is -0.139. The summed E-state index contributed by atoms with van der Waals surface area (Å²) in [7, 11) is 0. The van der Waals surface area contributed by atoms with Gasteiger partial charge in [-0.25, -0.2) is 9.79 Å². The first kappa shape index (κ1) is 20.0. The molecule has 28 heavy (non-hydrogen) atoms. The number of halogens is 1.